The Morgan fingerprint density at radius 3 is 2.58 bits per heavy atom. The minimum atomic E-state index is -4.34. The number of aliphatic hydroxyl groups excluding tert-OH is 1. The predicted molar refractivity (Wildman–Crippen MR) is 59.9 cm³/mol. The van der Waals surface area contributed by atoms with Gasteiger partial charge in [0.05, 0.1) is 24.1 Å². The van der Waals surface area contributed by atoms with E-state index in [0.717, 1.165) is 12.1 Å². The highest BCUT2D eigenvalue weighted by Crippen LogP contribution is 2.30. The molecule has 19 heavy (non-hydrogen) atoms. The maximum atomic E-state index is 12.0. The number of halogens is 3. The highest BCUT2D eigenvalue weighted by atomic mass is 19.4. The van der Waals surface area contributed by atoms with Crippen LogP contribution >= 0.6 is 0 Å². The lowest BCUT2D eigenvalue weighted by Crippen LogP contribution is -2.13. The number of benzene rings is 1. The summed E-state index contributed by atoms with van der Waals surface area (Å²) in [6, 6.07) is 3.36. The van der Waals surface area contributed by atoms with E-state index < -0.39 is 30.2 Å². The molecule has 0 aliphatic carbocycles. The molecule has 0 heterocycles. The number of ether oxygens (including phenoxy) is 1. The third-order valence-corrected chi connectivity index (χ3v) is 2.30. The van der Waals surface area contributed by atoms with Crippen LogP contribution in [0.2, 0.25) is 0 Å². The molecule has 0 saturated carbocycles. The van der Waals surface area contributed by atoms with Gasteiger partial charge in [0, 0.05) is 17.7 Å². The van der Waals surface area contributed by atoms with Crippen molar-refractivity contribution in [2.24, 2.45) is 0 Å². The molecule has 0 aromatic heterocycles. The number of nitro benzene ring substituents is 1. The monoisotopic (exact) mass is 279 g/mol. The molecule has 0 aliphatic heterocycles. The molecule has 1 aromatic carbocycles. The zero-order chi connectivity index (χ0) is 14.6. The highest BCUT2D eigenvalue weighted by molar-refractivity contribution is 5.44. The average Bonchev–Trinajstić information content (AvgIpc) is 2.27. The number of alkyl halides is 3. The van der Waals surface area contributed by atoms with Gasteiger partial charge >= 0.3 is 6.18 Å². The van der Waals surface area contributed by atoms with Crippen molar-refractivity contribution in [2.75, 3.05) is 6.61 Å². The number of nitro groups is 1. The first-order valence-corrected chi connectivity index (χ1v) is 5.36. The molecule has 0 bridgehead atoms. The van der Waals surface area contributed by atoms with Gasteiger partial charge in [0.2, 0.25) is 0 Å². The van der Waals surface area contributed by atoms with E-state index >= 15 is 0 Å². The summed E-state index contributed by atoms with van der Waals surface area (Å²) in [4.78, 5) is 9.91. The molecule has 1 N–H and O–H groups in total. The summed E-state index contributed by atoms with van der Waals surface area (Å²) in [6.07, 6.45) is -6.56. The van der Waals surface area contributed by atoms with E-state index in [9.17, 15) is 28.4 Å². The molecule has 1 aromatic rings. The fraction of sp³-hybridized carbons (Fsp3) is 0.455. The Kier molecular flexibility index (Phi) is 4.71. The largest absolute Gasteiger partial charge is 0.493 e. The first kappa shape index (κ1) is 15.2. The summed E-state index contributed by atoms with van der Waals surface area (Å²) in [6.45, 7) is 0.733. The summed E-state index contributed by atoms with van der Waals surface area (Å²) in [7, 11) is 0. The van der Waals surface area contributed by atoms with Gasteiger partial charge in [0.1, 0.15) is 5.75 Å². The van der Waals surface area contributed by atoms with Crippen molar-refractivity contribution in [2.45, 2.75) is 25.6 Å². The minimum absolute atomic E-state index is 0.00449. The topological polar surface area (TPSA) is 72.6 Å². The number of hydrogen-bond donors (Lipinski definition) is 1. The van der Waals surface area contributed by atoms with Crippen LogP contribution < -0.4 is 4.74 Å². The van der Waals surface area contributed by atoms with Crippen molar-refractivity contribution in [3.05, 3.63) is 33.9 Å². The van der Waals surface area contributed by atoms with Gasteiger partial charge in [-0.05, 0) is 13.0 Å². The number of nitrogens with zero attached hydrogens (tertiary/aromatic N) is 1. The van der Waals surface area contributed by atoms with Crippen molar-refractivity contribution in [1.29, 1.82) is 0 Å². The van der Waals surface area contributed by atoms with Crippen LogP contribution in [0.5, 0.6) is 5.75 Å². The van der Waals surface area contributed by atoms with Crippen molar-refractivity contribution >= 4 is 5.69 Å². The fourth-order valence-corrected chi connectivity index (χ4v) is 1.38. The van der Waals surface area contributed by atoms with Crippen molar-refractivity contribution in [1.82, 2.24) is 0 Å². The number of hydrogen-bond acceptors (Lipinski definition) is 4. The van der Waals surface area contributed by atoms with Crippen molar-refractivity contribution in [3.63, 3.8) is 0 Å². The van der Waals surface area contributed by atoms with Crippen molar-refractivity contribution < 1.29 is 27.9 Å². The summed E-state index contributed by atoms with van der Waals surface area (Å²) in [5.74, 6) is 0.00449. The quantitative estimate of drug-likeness (QED) is 0.664. The molecule has 106 valence electrons. The zero-order valence-corrected chi connectivity index (χ0v) is 9.98. The van der Waals surface area contributed by atoms with Gasteiger partial charge in [-0.1, -0.05) is 0 Å². The molecular weight excluding hydrogens is 267 g/mol. The SMILES string of the molecule is CC(O)c1cc([N+](=O)[O-])ccc1OCCC(F)(F)F. The van der Waals surface area contributed by atoms with Crippen LogP contribution in [0.1, 0.15) is 25.0 Å². The van der Waals surface area contributed by atoms with Gasteiger partial charge in [-0.3, -0.25) is 10.1 Å². The Hall–Kier alpha value is -1.83. The highest BCUT2D eigenvalue weighted by Gasteiger charge is 2.27. The fourth-order valence-electron chi connectivity index (χ4n) is 1.38. The van der Waals surface area contributed by atoms with Gasteiger partial charge in [-0.15, -0.1) is 0 Å². The van der Waals surface area contributed by atoms with Gasteiger partial charge in [-0.2, -0.15) is 13.2 Å². The van der Waals surface area contributed by atoms with Gasteiger partial charge in [-0.25, -0.2) is 0 Å². The molecule has 0 saturated heterocycles. The normalized spacial score (nSPS) is 13.1. The molecule has 1 rings (SSSR count). The molecule has 1 atom stereocenters. The number of non-ortho nitro benzene ring substituents is 1. The van der Waals surface area contributed by atoms with Crippen LogP contribution in [0.3, 0.4) is 0 Å². The third kappa shape index (κ3) is 4.74. The molecule has 0 fully saturated rings. The first-order valence-electron chi connectivity index (χ1n) is 5.36. The van der Waals surface area contributed by atoms with E-state index in [1.54, 1.807) is 0 Å². The van der Waals surface area contributed by atoms with E-state index in [-0.39, 0.29) is 17.0 Å². The van der Waals surface area contributed by atoms with E-state index in [1.807, 2.05) is 0 Å². The van der Waals surface area contributed by atoms with Gasteiger partial charge in [0.25, 0.3) is 5.69 Å². The van der Waals surface area contributed by atoms with Gasteiger partial charge in [0.15, 0.2) is 0 Å². The average molecular weight is 279 g/mol. The Labute approximate surface area is 106 Å². The summed E-state index contributed by atoms with van der Waals surface area (Å²) in [5, 5.41) is 20.0. The second-order valence-corrected chi connectivity index (χ2v) is 3.87. The van der Waals surface area contributed by atoms with E-state index in [1.165, 1.54) is 13.0 Å². The molecule has 1 unspecified atom stereocenters. The van der Waals surface area contributed by atoms with Crippen LogP contribution in [0.25, 0.3) is 0 Å². The minimum Gasteiger partial charge on any atom is -0.493 e. The Balaban J connectivity index is 2.85. The molecule has 8 heteroatoms. The van der Waals surface area contributed by atoms with E-state index in [0.29, 0.717) is 0 Å². The predicted octanol–water partition coefficient (Wildman–Crippen LogP) is 2.98. The summed E-state index contributed by atoms with van der Waals surface area (Å²) in [5.41, 5.74) is -0.185. The molecule has 0 aliphatic rings. The maximum Gasteiger partial charge on any atom is 0.392 e. The van der Waals surface area contributed by atoms with Gasteiger partial charge < -0.3 is 9.84 Å². The number of aliphatic hydroxyl groups is 1. The molecule has 0 spiro atoms. The molecule has 5 nitrogen and oxygen atoms in total. The molecule has 0 radical (unpaired) electrons. The molecule has 0 amide bonds. The smallest absolute Gasteiger partial charge is 0.392 e. The lowest BCUT2D eigenvalue weighted by Gasteiger charge is -2.14. The lowest BCUT2D eigenvalue weighted by atomic mass is 10.1. The Bertz CT molecular complexity index is 460. The van der Waals surface area contributed by atoms with Crippen LogP contribution in [0.15, 0.2) is 18.2 Å². The standard InChI is InChI=1S/C11H12F3NO4/c1-7(16)9-6-8(15(17)18)2-3-10(9)19-5-4-11(12,13)14/h2-3,6-7,16H,4-5H2,1H3. The van der Waals surface area contributed by atoms with Crippen LogP contribution in [0.4, 0.5) is 18.9 Å². The maximum absolute atomic E-state index is 12.0. The van der Waals surface area contributed by atoms with E-state index in [2.05, 4.69) is 0 Å². The number of rotatable bonds is 5. The Morgan fingerprint density at radius 1 is 1.47 bits per heavy atom. The van der Waals surface area contributed by atoms with E-state index in [4.69, 9.17) is 4.74 Å². The van der Waals surface area contributed by atoms with Crippen LogP contribution in [-0.2, 0) is 0 Å². The second kappa shape index (κ2) is 5.87. The third-order valence-electron chi connectivity index (χ3n) is 2.30. The van der Waals surface area contributed by atoms with Crippen molar-refractivity contribution in [3.8, 4) is 5.75 Å². The lowest BCUT2D eigenvalue weighted by molar-refractivity contribution is -0.385. The van der Waals surface area contributed by atoms with Crippen LogP contribution in [0, 0.1) is 10.1 Å². The van der Waals surface area contributed by atoms with Crippen LogP contribution in [-0.4, -0.2) is 22.8 Å². The Morgan fingerprint density at radius 2 is 2.11 bits per heavy atom. The first-order chi connectivity index (χ1) is 8.70. The second-order valence-electron chi connectivity index (χ2n) is 3.87. The molecular formula is C11H12F3NO4. The summed E-state index contributed by atoms with van der Waals surface area (Å²) < 4.78 is 40.8. The summed E-state index contributed by atoms with van der Waals surface area (Å²) >= 11 is 0. The zero-order valence-electron chi connectivity index (χ0n) is 9.98.